The lowest BCUT2D eigenvalue weighted by molar-refractivity contribution is 0.272. The van der Waals surface area contributed by atoms with E-state index in [9.17, 15) is 0 Å². The maximum Gasteiger partial charge on any atom is 0.182 e. The number of allylic oxidation sites excluding steroid dienone is 1. The molecule has 1 radical (unpaired) electrons. The van der Waals surface area contributed by atoms with Gasteiger partial charge in [0, 0.05) is 0 Å². The summed E-state index contributed by atoms with van der Waals surface area (Å²) in [5.41, 5.74) is 0. The minimum Gasteiger partial charge on any atom is -0.483 e. The highest BCUT2D eigenvalue weighted by Crippen LogP contribution is 2.00. The van der Waals surface area contributed by atoms with E-state index in [2.05, 4.69) is 6.92 Å². The summed E-state index contributed by atoms with van der Waals surface area (Å²) in [5.74, 6) is 0. The predicted octanol–water partition coefficient (Wildman–Crippen LogP) is 1.94. The van der Waals surface area contributed by atoms with Crippen LogP contribution in [0.15, 0.2) is 11.3 Å². The summed E-state index contributed by atoms with van der Waals surface area (Å²) < 4.78 is 4.71. The quantitative estimate of drug-likeness (QED) is 0.505. The van der Waals surface area contributed by atoms with Gasteiger partial charge in [0.15, 0.2) is 5.22 Å². The van der Waals surface area contributed by atoms with Crippen molar-refractivity contribution in [3.8, 4) is 0 Å². The fourth-order valence-corrected chi connectivity index (χ4v) is 0.258. The standard InChI is InChI=1S/C5H8ClO/c1-3-5(6)7-4-2/h3H,2,4H2,1H3. The lowest BCUT2D eigenvalue weighted by atomic mass is 10.7. The monoisotopic (exact) mass is 119 g/mol. The topological polar surface area (TPSA) is 9.23 Å². The van der Waals surface area contributed by atoms with Crippen molar-refractivity contribution in [1.29, 1.82) is 0 Å². The van der Waals surface area contributed by atoms with Crippen LogP contribution in [0.25, 0.3) is 0 Å². The maximum absolute atomic E-state index is 5.36. The Morgan fingerprint density at radius 3 is 2.71 bits per heavy atom. The molecule has 0 amide bonds. The molecule has 1 nitrogen and oxygen atoms in total. The van der Waals surface area contributed by atoms with Gasteiger partial charge in [0.05, 0.1) is 6.61 Å². The molecule has 0 spiro atoms. The van der Waals surface area contributed by atoms with Gasteiger partial charge in [-0.25, -0.2) is 0 Å². The predicted molar refractivity (Wildman–Crippen MR) is 30.9 cm³/mol. The second-order valence-corrected chi connectivity index (χ2v) is 1.31. The fraction of sp³-hybridized carbons (Fsp3) is 0.400. The molecule has 0 aliphatic carbocycles. The Balaban J connectivity index is 3.17. The van der Waals surface area contributed by atoms with Crippen molar-refractivity contribution < 1.29 is 4.74 Å². The Kier molecular flexibility index (Phi) is 3.90. The Morgan fingerprint density at radius 2 is 2.57 bits per heavy atom. The highest BCUT2D eigenvalue weighted by molar-refractivity contribution is 6.28. The molecule has 0 aliphatic heterocycles. The van der Waals surface area contributed by atoms with Crippen LogP contribution in [0.3, 0.4) is 0 Å². The number of hydrogen-bond donors (Lipinski definition) is 0. The molecule has 0 aromatic carbocycles. The zero-order valence-electron chi connectivity index (χ0n) is 4.28. The van der Waals surface area contributed by atoms with Crippen LogP contribution < -0.4 is 0 Å². The van der Waals surface area contributed by atoms with Crippen molar-refractivity contribution in [2.45, 2.75) is 6.92 Å². The summed E-state index contributed by atoms with van der Waals surface area (Å²) in [5, 5.41) is 0.412. The first-order chi connectivity index (χ1) is 3.31. The molecule has 41 valence electrons. The van der Waals surface area contributed by atoms with Gasteiger partial charge >= 0.3 is 0 Å². The minimum absolute atomic E-state index is 0.392. The summed E-state index contributed by atoms with van der Waals surface area (Å²) in [6, 6.07) is 0. The third-order valence-electron chi connectivity index (χ3n) is 0.467. The van der Waals surface area contributed by atoms with Gasteiger partial charge in [-0.05, 0) is 31.5 Å². The first-order valence-corrected chi connectivity index (χ1v) is 2.43. The molecule has 0 fully saturated rings. The number of hydrogen-bond acceptors (Lipinski definition) is 1. The third-order valence-corrected chi connectivity index (χ3v) is 0.794. The first kappa shape index (κ1) is 6.83. The summed E-state index contributed by atoms with van der Waals surface area (Å²) in [6.07, 6.45) is 1.67. The molecule has 0 rings (SSSR count). The van der Waals surface area contributed by atoms with Gasteiger partial charge in [-0.2, -0.15) is 0 Å². The second kappa shape index (κ2) is 4.00. The van der Waals surface area contributed by atoms with E-state index >= 15 is 0 Å². The van der Waals surface area contributed by atoms with Gasteiger partial charge in [0.25, 0.3) is 0 Å². The van der Waals surface area contributed by atoms with Crippen LogP contribution >= 0.6 is 11.6 Å². The van der Waals surface area contributed by atoms with Crippen LogP contribution in [0.2, 0.25) is 0 Å². The van der Waals surface area contributed by atoms with Crippen molar-refractivity contribution in [1.82, 2.24) is 0 Å². The van der Waals surface area contributed by atoms with Crippen molar-refractivity contribution in [3.05, 3.63) is 18.2 Å². The van der Waals surface area contributed by atoms with E-state index in [-0.39, 0.29) is 0 Å². The molecule has 0 aromatic heterocycles. The van der Waals surface area contributed by atoms with Crippen LogP contribution in [0.4, 0.5) is 0 Å². The maximum atomic E-state index is 5.36. The largest absolute Gasteiger partial charge is 0.483 e. The molecular weight excluding hydrogens is 112 g/mol. The summed E-state index contributed by atoms with van der Waals surface area (Å²) >= 11 is 5.36. The molecular formula is C5H8ClO. The lowest BCUT2D eigenvalue weighted by Gasteiger charge is -1.95. The fourth-order valence-electron chi connectivity index (χ4n) is 0.181. The molecule has 0 aliphatic rings. The molecule has 0 saturated carbocycles. The number of ether oxygens (including phenoxy) is 1. The average Bonchev–Trinajstić information content (AvgIpc) is 1.68. The molecule has 7 heavy (non-hydrogen) atoms. The van der Waals surface area contributed by atoms with Gasteiger partial charge in [-0.15, -0.1) is 0 Å². The van der Waals surface area contributed by atoms with Gasteiger partial charge < -0.3 is 4.74 Å². The molecule has 0 aromatic rings. The van der Waals surface area contributed by atoms with E-state index in [1.807, 2.05) is 0 Å². The summed E-state index contributed by atoms with van der Waals surface area (Å²) in [4.78, 5) is 0. The number of halogens is 1. The second-order valence-electron chi connectivity index (χ2n) is 0.941. The van der Waals surface area contributed by atoms with E-state index in [0.29, 0.717) is 11.8 Å². The van der Waals surface area contributed by atoms with Gasteiger partial charge in [0.1, 0.15) is 0 Å². The lowest BCUT2D eigenvalue weighted by Crippen LogP contribution is -1.81. The number of rotatable bonds is 2. The normalized spacial score (nSPS) is 11.6. The molecule has 0 atom stereocenters. The molecule has 0 bridgehead atoms. The molecule has 0 heterocycles. The molecule has 2 heteroatoms. The molecule has 0 unspecified atom stereocenters. The van der Waals surface area contributed by atoms with E-state index in [1.54, 1.807) is 13.0 Å². The zero-order chi connectivity index (χ0) is 5.70. The van der Waals surface area contributed by atoms with Crippen LogP contribution in [0.5, 0.6) is 0 Å². The van der Waals surface area contributed by atoms with Gasteiger partial charge in [-0.1, -0.05) is 0 Å². The van der Waals surface area contributed by atoms with E-state index in [0.717, 1.165) is 0 Å². The molecule has 0 N–H and O–H groups in total. The SMILES string of the molecule is [CH2]COC(Cl)=CC. The Bertz CT molecular complexity index is 68.5. The average molecular weight is 120 g/mol. The highest BCUT2D eigenvalue weighted by Gasteiger charge is 1.81. The zero-order valence-corrected chi connectivity index (χ0v) is 5.03. The van der Waals surface area contributed by atoms with Crippen LogP contribution in [-0.2, 0) is 4.74 Å². The van der Waals surface area contributed by atoms with Gasteiger partial charge in [-0.3, -0.25) is 0 Å². The van der Waals surface area contributed by atoms with Crippen LogP contribution in [-0.4, -0.2) is 6.61 Å². The Labute approximate surface area is 48.9 Å². The van der Waals surface area contributed by atoms with Gasteiger partial charge in [0.2, 0.25) is 0 Å². The highest BCUT2D eigenvalue weighted by atomic mass is 35.5. The summed E-state index contributed by atoms with van der Waals surface area (Å²) in [6.45, 7) is 5.62. The third kappa shape index (κ3) is 3.67. The Morgan fingerprint density at radius 1 is 2.00 bits per heavy atom. The van der Waals surface area contributed by atoms with Crippen molar-refractivity contribution in [3.63, 3.8) is 0 Å². The Hall–Kier alpha value is -0.170. The smallest absolute Gasteiger partial charge is 0.182 e. The first-order valence-electron chi connectivity index (χ1n) is 2.05. The van der Waals surface area contributed by atoms with Crippen LogP contribution in [0, 0.1) is 6.92 Å². The van der Waals surface area contributed by atoms with E-state index < -0.39 is 0 Å². The van der Waals surface area contributed by atoms with Crippen molar-refractivity contribution in [2.75, 3.05) is 6.61 Å². The summed E-state index contributed by atoms with van der Waals surface area (Å²) in [7, 11) is 0. The minimum atomic E-state index is 0.392. The molecule has 0 saturated heterocycles. The van der Waals surface area contributed by atoms with E-state index in [4.69, 9.17) is 16.3 Å². The van der Waals surface area contributed by atoms with Crippen molar-refractivity contribution in [2.24, 2.45) is 0 Å². The van der Waals surface area contributed by atoms with Crippen molar-refractivity contribution >= 4 is 11.6 Å². The van der Waals surface area contributed by atoms with E-state index in [1.165, 1.54) is 0 Å². The van der Waals surface area contributed by atoms with Crippen LogP contribution in [0.1, 0.15) is 6.92 Å².